The molecule has 4 heteroatoms. The third-order valence-electron chi connectivity index (χ3n) is 3.84. The number of ether oxygens (including phenoxy) is 1. The number of esters is 1. The number of likely N-dealkylation sites (tertiary alicyclic amines) is 1. The molecule has 1 aromatic rings. The van der Waals surface area contributed by atoms with Gasteiger partial charge in [0.1, 0.15) is 5.54 Å². The van der Waals surface area contributed by atoms with E-state index in [1.165, 1.54) is 5.56 Å². The highest BCUT2D eigenvalue weighted by Gasteiger charge is 2.35. The lowest BCUT2D eigenvalue weighted by molar-refractivity contribution is -0.149. The monoisotopic (exact) mass is 276 g/mol. The number of hydrogen-bond donors (Lipinski definition) is 1. The predicted octanol–water partition coefficient (Wildman–Crippen LogP) is 1.76. The highest BCUT2D eigenvalue weighted by atomic mass is 16.5. The van der Waals surface area contributed by atoms with E-state index >= 15 is 0 Å². The summed E-state index contributed by atoms with van der Waals surface area (Å²) in [6.07, 6.45) is 1.11. The Hall–Kier alpha value is -1.39. The number of hydrogen-bond acceptors (Lipinski definition) is 4. The van der Waals surface area contributed by atoms with Gasteiger partial charge in [-0.3, -0.25) is 4.79 Å². The van der Waals surface area contributed by atoms with Crippen LogP contribution in [-0.4, -0.2) is 42.6 Å². The van der Waals surface area contributed by atoms with Crippen molar-refractivity contribution in [3.63, 3.8) is 0 Å². The van der Waals surface area contributed by atoms with Gasteiger partial charge >= 0.3 is 5.97 Å². The van der Waals surface area contributed by atoms with Crippen LogP contribution < -0.4 is 5.73 Å². The summed E-state index contributed by atoms with van der Waals surface area (Å²) in [7, 11) is 0. The highest BCUT2D eigenvalue weighted by Crippen LogP contribution is 2.27. The smallest absolute Gasteiger partial charge is 0.327 e. The van der Waals surface area contributed by atoms with Crippen molar-refractivity contribution in [3.8, 4) is 0 Å². The van der Waals surface area contributed by atoms with Crippen LogP contribution in [0.2, 0.25) is 0 Å². The number of carbonyl (C=O) groups excluding carboxylic acids is 1. The maximum atomic E-state index is 11.8. The fraction of sp³-hybridized carbons (Fsp3) is 0.562. The standard InChI is InChI=1S/C16H24N2O2/c1-3-20-15(19)16(2,17)12-18-10-9-14(11-18)13-7-5-4-6-8-13/h4-8,14H,3,9-12,17H2,1-2H3. The summed E-state index contributed by atoms with van der Waals surface area (Å²) in [6, 6.07) is 10.5. The fourth-order valence-electron chi connectivity index (χ4n) is 2.80. The Morgan fingerprint density at radius 2 is 2.15 bits per heavy atom. The molecule has 20 heavy (non-hydrogen) atoms. The summed E-state index contributed by atoms with van der Waals surface area (Å²) >= 11 is 0. The molecular weight excluding hydrogens is 252 g/mol. The second kappa shape index (κ2) is 6.37. The van der Waals surface area contributed by atoms with Crippen molar-refractivity contribution < 1.29 is 9.53 Å². The zero-order valence-electron chi connectivity index (χ0n) is 12.3. The summed E-state index contributed by atoms with van der Waals surface area (Å²) in [5.41, 5.74) is 6.53. The van der Waals surface area contributed by atoms with Gasteiger partial charge in [-0.15, -0.1) is 0 Å². The van der Waals surface area contributed by atoms with Crippen molar-refractivity contribution >= 4 is 5.97 Å². The third kappa shape index (κ3) is 3.58. The molecule has 110 valence electrons. The van der Waals surface area contributed by atoms with Gasteiger partial charge in [0, 0.05) is 13.1 Å². The molecule has 1 heterocycles. The number of nitrogens with two attached hydrogens (primary N) is 1. The van der Waals surface area contributed by atoms with Gasteiger partial charge in [-0.2, -0.15) is 0 Å². The summed E-state index contributed by atoms with van der Waals surface area (Å²) in [5, 5.41) is 0. The predicted molar refractivity (Wildman–Crippen MR) is 79.5 cm³/mol. The summed E-state index contributed by atoms with van der Waals surface area (Å²) in [4.78, 5) is 14.1. The lowest BCUT2D eigenvalue weighted by atomic mass is 9.98. The van der Waals surface area contributed by atoms with Crippen LogP contribution in [0, 0.1) is 0 Å². The van der Waals surface area contributed by atoms with Crippen LogP contribution in [0.15, 0.2) is 30.3 Å². The third-order valence-corrected chi connectivity index (χ3v) is 3.84. The van der Waals surface area contributed by atoms with Gasteiger partial charge in [-0.25, -0.2) is 0 Å². The molecular formula is C16H24N2O2. The maximum absolute atomic E-state index is 11.8. The molecule has 0 bridgehead atoms. The SMILES string of the molecule is CCOC(=O)C(C)(N)CN1CCC(c2ccccc2)C1. The van der Waals surface area contributed by atoms with Gasteiger partial charge in [-0.1, -0.05) is 30.3 Å². The zero-order chi connectivity index (χ0) is 14.6. The Labute approximate surface area is 120 Å². The molecule has 0 amide bonds. The quantitative estimate of drug-likeness (QED) is 0.833. The Balaban J connectivity index is 1.92. The zero-order valence-corrected chi connectivity index (χ0v) is 12.3. The van der Waals surface area contributed by atoms with Gasteiger partial charge in [0.2, 0.25) is 0 Å². The number of carbonyl (C=O) groups is 1. The van der Waals surface area contributed by atoms with Crippen LogP contribution in [0.5, 0.6) is 0 Å². The van der Waals surface area contributed by atoms with E-state index in [-0.39, 0.29) is 5.97 Å². The Bertz CT molecular complexity index is 445. The minimum Gasteiger partial charge on any atom is -0.465 e. The van der Waals surface area contributed by atoms with Gasteiger partial charge in [-0.05, 0) is 38.3 Å². The van der Waals surface area contributed by atoms with Crippen LogP contribution >= 0.6 is 0 Å². The van der Waals surface area contributed by atoms with Crippen LogP contribution in [0.1, 0.15) is 31.7 Å². The van der Waals surface area contributed by atoms with Crippen molar-refractivity contribution in [2.24, 2.45) is 5.73 Å². The fourth-order valence-corrected chi connectivity index (χ4v) is 2.80. The van der Waals surface area contributed by atoms with Gasteiger partial charge in [0.05, 0.1) is 6.61 Å². The second-order valence-corrected chi connectivity index (χ2v) is 5.77. The van der Waals surface area contributed by atoms with E-state index in [4.69, 9.17) is 10.5 Å². The summed E-state index contributed by atoms with van der Waals surface area (Å²) in [5.74, 6) is 0.220. The molecule has 1 saturated heterocycles. The van der Waals surface area contributed by atoms with Gasteiger partial charge < -0.3 is 15.4 Å². The molecule has 0 aliphatic carbocycles. The average molecular weight is 276 g/mol. The minimum atomic E-state index is -0.929. The molecule has 2 rings (SSSR count). The number of nitrogens with zero attached hydrogens (tertiary/aromatic N) is 1. The van der Waals surface area contributed by atoms with Crippen molar-refractivity contribution in [1.29, 1.82) is 0 Å². The molecule has 1 aliphatic heterocycles. The van der Waals surface area contributed by atoms with E-state index in [2.05, 4.69) is 29.2 Å². The molecule has 4 nitrogen and oxygen atoms in total. The largest absolute Gasteiger partial charge is 0.465 e. The first kappa shape index (κ1) is 15.0. The van der Waals surface area contributed by atoms with Crippen molar-refractivity contribution in [1.82, 2.24) is 4.90 Å². The number of benzene rings is 1. The van der Waals surface area contributed by atoms with Crippen LogP contribution in [0.25, 0.3) is 0 Å². The highest BCUT2D eigenvalue weighted by molar-refractivity contribution is 5.80. The Kier molecular flexibility index (Phi) is 4.78. The Morgan fingerprint density at radius 1 is 1.45 bits per heavy atom. The minimum absolute atomic E-state index is 0.317. The molecule has 0 saturated carbocycles. The molecule has 1 aromatic carbocycles. The van der Waals surface area contributed by atoms with E-state index in [0.29, 0.717) is 19.1 Å². The van der Waals surface area contributed by atoms with Crippen molar-refractivity contribution in [2.45, 2.75) is 31.7 Å². The lowest BCUT2D eigenvalue weighted by Crippen LogP contribution is -2.54. The molecule has 0 aromatic heterocycles. The van der Waals surface area contributed by atoms with Crippen LogP contribution in [0.3, 0.4) is 0 Å². The first-order valence-corrected chi connectivity index (χ1v) is 7.26. The van der Waals surface area contributed by atoms with E-state index in [0.717, 1.165) is 19.5 Å². The van der Waals surface area contributed by atoms with E-state index in [9.17, 15) is 4.79 Å². The topological polar surface area (TPSA) is 55.6 Å². The molecule has 1 aliphatic rings. The van der Waals surface area contributed by atoms with Crippen molar-refractivity contribution in [2.75, 3.05) is 26.2 Å². The van der Waals surface area contributed by atoms with Gasteiger partial charge in [0.15, 0.2) is 0 Å². The molecule has 0 radical (unpaired) electrons. The first-order valence-electron chi connectivity index (χ1n) is 7.26. The molecule has 0 spiro atoms. The van der Waals surface area contributed by atoms with Gasteiger partial charge in [0.25, 0.3) is 0 Å². The maximum Gasteiger partial charge on any atom is 0.327 e. The first-order chi connectivity index (χ1) is 9.53. The van der Waals surface area contributed by atoms with Crippen LogP contribution in [-0.2, 0) is 9.53 Å². The summed E-state index contributed by atoms with van der Waals surface area (Å²) in [6.45, 7) is 6.41. The van der Waals surface area contributed by atoms with E-state index in [1.807, 2.05) is 6.07 Å². The molecule has 2 atom stereocenters. The average Bonchev–Trinajstić information content (AvgIpc) is 2.88. The number of rotatable bonds is 5. The Morgan fingerprint density at radius 3 is 2.80 bits per heavy atom. The van der Waals surface area contributed by atoms with Crippen LogP contribution in [0.4, 0.5) is 0 Å². The summed E-state index contributed by atoms with van der Waals surface area (Å²) < 4.78 is 5.04. The van der Waals surface area contributed by atoms with E-state index in [1.54, 1.807) is 13.8 Å². The molecule has 2 N–H and O–H groups in total. The second-order valence-electron chi connectivity index (χ2n) is 5.77. The van der Waals surface area contributed by atoms with Crippen molar-refractivity contribution in [3.05, 3.63) is 35.9 Å². The van der Waals surface area contributed by atoms with E-state index < -0.39 is 5.54 Å². The lowest BCUT2D eigenvalue weighted by Gasteiger charge is -2.28. The molecule has 1 fully saturated rings. The molecule has 2 unspecified atom stereocenters. The normalized spacial score (nSPS) is 22.4.